The van der Waals surface area contributed by atoms with Crippen molar-refractivity contribution in [2.24, 2.45) is 11.8 Å². The fourth-order valence-corrected chi connectivity index (χ4v) is 2.73. The first kappa shape index (κ1) is 16.2. The fourth-order valence-electron chi connectivity index (χ4n) is 2.73. The van der Waals surface area contributed by atoms with Crippen LogP contribution in [0.5, 0.6) is 0 Å². The van der Waals surface area contributed by atoms with Gasteiger partial charge < -0.3 is 5.32 Å². The number of nitrogens with zero attached hydrogens (tertiary/aromatic N) is 1. The van der Waals surface area contributed by atoms with Gasteiger partial charge in [0.15, 0.2) is 0 Å². The number of rotatable bonds is 6. The van der Waals surface area contributed by atoms with Crippen LogP contribution in [-0.2, 0) is 9.59 Å². The van der Waals surface area contributed by atoms with E-state index in [-0.39, 0.29) is 17.9 Å². The second kappa shape index (κ2) is 7.04. The van der Waals surface area contributed by atoms with Crippen LogP contribution in [0.4, 0.5) is 0 Å². The highest BCUT2D eigenvalue weighted by Crippen LogP contribution is 2.18. The van der Waals surface area contributed by atoms with Crippen LogP contribution in [0, 0.1) is 11.8 Å². The van der Waals surface area contributed by atoms with Crippen molar-refractivity contribution in [3.8, 4) is 0 Å². The summed E-state index contributed by atoms with van der Waals surface area (Å²) in [6, 6.07) is 0.167. The lowest BCUT2D eigenvalue weighted by Crippen LogP contribution is -2.54. The molecule has 0 radical (unpaired) electrons. The maximum absolute atomic E-state index is 12.1. The van der Waals surface area contributed by atoms with Gasteiger partial charge in [0.2, 0.25) is 11.8 Å². The van der Waals surface area contributed by atoms with Gasteiger partial charge in [0.05, 0.1) is 6.04 Å². The van der Waals surface area contributed by atoms with Crippen LogP contribution in [-0.4, -0.2) is 35.8 Å². The minimum atomic E-state index is -0.190. The molecule has 1 aliphatic heterocycles. The predicted molar refractivity (Wildman–Crippen MR) is 76.6 cm³/mol. The summed E-state index contributed by atoms with van der Waals surface area (Å²) < 4.78 is 0. The largest absolute Gasteiger partial charge is 0.303 e. The molecule has 0 bridgehead atoms. The second-order valence-electron chi connectivity index (χ2n) is 6.50. The third-order valence-electron chi connectivity index (χ3n) is 3.60. The third kappa shape index (κ3) is 4.94. The van der Waals surface area contributed by atoms with Crippen molar-refractivity contribution in [2.75, 3.05) is 7.05 Å². The van der Waals surface area contributed by atoms with Crippen molar-refractivity contribution in [3.05, 3.63) is 0 Å². The van der Waals surface area contributed by atoms with Gasteiger partial charge in [0, 0.05) is 19.5 Å². The number of likely N-dealkylation sites (tertiary alicyclic amines) is 1. The van der Waals surface area contributed by atoms with E-state index in [1.807, 2.05) is 0 Å². The Labute approximate surface area is 116 Å². The Kier molecular flexibility index (Phi) is 5.98. The minimum absolute atomic E-state index is 0.0627. The van der Waals surface area contributed by atoms with Gasteiger partial charge in [-0.1, -0.05) is 27.7 Å². The summed E-state index contributed by atoms with van der Waals surface area (Å²) in [5, 5.41) is 3.48. The Balaban J connectivity index is 2.62. The molecule has 0 aliphatic carbocycles. The minimum Gasteiger partial charge on any atom is -0.303 e. The van der Waals surface area contributed by atoms with E-state index >= 15 is 0 Å². The number of likely N-dealkylation sites (N-methyl/N-ethyl adjacent to an activating group) is 1. The molecule has 0 aromatic heterocycles. The molecule has 4 nitrogen and oxygen atoms in total. The molecule has 1 unspecified atom stereocenters. The van der Waals surface area contributed by atoms with E-state index in [0.29, 0.717) is 30.7 Å². The number of carbonyl (C=O) groups is 2. The molecule has 19 heavy (non-hydrogen) atoms. The zero-order valence-corrected chi connectivity index (χ0v) is 12.9. The van der Waals surface area contributed by atoms with Gasteiger partial charge in [-0.15, -0.1) is 0 Å². The average molecular weight is 268 g/mol. The SMILES string of the molecule is CC(C)CC(CC(C)C)NC1CCC(=O)N(C)C1=O. The van der Waals surface area contributed by atoms with E-state index < -0.39 is 0 Å². The number of imide groups is 1. The standard InChI is InChI=1S/C15H28N2O2/c1-10(2)8-12(9-11(3)4)16-13-6-7-14(18)17(5)15(13)19/h10-13,16H,6-9H2,1-5H3. The third-order valence-corrected chi connectivity index (χ3v) is 3.60. The number of nitrogens with one attached hydrogen (secondary N) is 1. The molecule has 1 aliphatic rings. The maximum atomic E-state index is 12.1. The van der Waals surface area contributed by atoms with Gasteiger partial charge in [-0.2, -0.15) is 0 Å². The van der Waals surface area contributed by atoms with Crippen LogP contribution >= 0.6 is 0 Å². The lowest BCUT2D eigenvalue weighted by molar-refractivity contribution is -0.148. The number of amides is 2. The van der Waals surface area contributed by atoms with E-state index in [4.69, 9.17) is 0 Å². The quantitative estimate of drug-likeness (QED) is 0.751. The number of piperidine rings is 1. The lowest BCUT2D eigenvalue weighted by Gasteiger charge is -2.32. The number of carbonyl (C=O) groups excluding carboxylic acids is 2. The first-order valence-electron chi connectivity index (χ1n) is 7.37. The average Bonchev–Trinajstić information content (AvgIpc) is 2.28. The maximum Gasteiger partial charge on any atom is 0.246 e. The molecule has 0 aromatic carbocycles. The molecule has 1 rings (SSSR count). The highest BCUT2D eigenvalue weighted by molar-refractivity contribution is 6.00. The summed E-state index contributed by atoms with van der Waals surface area (Å²) in [5.74, 6) is 1.07. The number of hydrogen-bond donors (Lipinski definition) is 1. The summed E-state index contributed by atoms with van der Waals surface area (Å²) in [7, 11) is 1.58. The summed E-state index contributed by atoms with van der Waals surface area (Å²) in [5.41, 5.74) is 0. The molecule has 0 aromatic rings. The Bertz CT molecular complexity index is 316. The Morgan fingerprint density at radius 2 is 1.68 bits per heavy atom. The molecule has 1 fully saturated rings. The van der Waals surface area contributed by atoms with Crippen LogP contribution in [0.2, 0.25) is 0 Å². The molecule has 1 heterocycles. The summed E-state index contributed by atoms with van der Waals surface area (Å²) in [6.45, 7) is 8.81. The normalized spacial score (nSPS) is 21.1. The Hall–Kier alpha value is -0.900. The Morgan fingerprint density at radius 1 is 1.16 bits per heavy atom. The molecule has 110 valence electrons. The molecule has 0 spiro atoms. The molecule has 1 N–H and O–H groups in total. The van der Waals surface area contributed by atoms with E-state index in [1.165, 1.54) is 4.90 Å². The fraction of sp³-hybridized carbons (Fsp3) is 0.867. The summed E-state index contributed by atoms with van der Waals surface area (Å²) in [4.78, 5) is 24.8. The lowest BCUT2D eigenvalue weighted by atomic mass is 9.93. The smallest absolute Gasteiger partial charge is 0.246 e. The monoisotopic (exact) mass is 268 g/mol. The van der Waals surface area contributed by atoms with Crippen LogP contribution in [0.1, 0.15) is 53.4 Å². The summed E-state index contributed by atoms with van der Waals surface area (Å²) in [6.07, 6.45) is 3.24. The van der Waals surface area contributed by atoms with Crippen molar-refractivity contribution in [1.29, 1.82) is 0 Å². The van der Waals surface area contributed by atoms with Gasteiger partial charge in [0.1, 0.15) is 0 Å². The van der Waals surface area contributed by atoms with Crippen LogP contribution in [0.15, 0.2) is 0 Å². The highest BCUT2D eigenvalue weighted by Gasteiger charge is 2.33. The zero-order valence-electron chi connectivity index (χ0n) is 12.9. The van der Waals surface area contributed by atoms with E-state index in [1.54, 1.807) is 7.05 Å². The molecule has 1 saturated heterocycles. The molecular weight excluding hydrogens is 240 g/mol. The van der Waals surface area contributed by atoms with Gasteiger partial charge in [-0.3, -0.25) is 14.5 Å². The first-order chi connectivity index (χ1) is 8.81. The zero-order chi connectivity index (χ0) is 14.6. The van der Waals surface area contributed by atoms with E-state index in [2.05, 4.69) is 33.0 Å². The van der Waals surface area contributed by atoms with Crippen molar-refractivity contribution in [1.82, 2.24) is 10.2 Å². The molecule has 4 heteroatoms. The van der Waals surface area contributed by atoms with Crippen LogP contribution in [0.3, 0.4) is 0 Å². The molecule has 1 atom stereocenters. The first-order valence-corrected chi connectivity index (χ1v) is 7.37. The van der Waals surface area contributed by atoms with E-state index in [0.717, 1.165) is 12.8 Å². The predicted octanol–water partition coefficient (Wildman–Crippen LogP) is 2.18. The van der Waals surface area contributed by atoms with Crippen LogP contribution < -0.4 is 5.32 Å². The van der Waals surface area contributed by atoms with Crippen molar-refractivity contribution in [3.63, 3.8) is 0 Å². The summed E-state index contributed by atoms with van der Waals surface area (Å²) >= 11 is 0. The van der Waals surface area contributed by atoms with Gasteiger partial charge in [-0.05, 0) is 31.1 Å². The van der Waals surface area contributed by atoms with Crippen molar-refractivity contribution < 1.29 is 9.59 Å². The van der Waals surface area contributed by atoms with Gasteiger partial charge >= 0.3 is 0 Å². The molecule has 0 saturated carbocycles. The van der Waals surface area contributed by atoms with Crippen molar-refractivity contribution >= 4 is 11.8 Å². The van der Waals surface area contributed by atoms with Crippen molar-refractivity contribution in [2.45, 2.75) is 65.5 Å². The topological polar surface area (TPSA) is 49.4 Å². The van der Waals surface area contributed by atoms with Gasteiger partial charge in [0.25, 0.3) is 0 Å². The highest BCUT2D eigenvalue weighted by atomic mass is 16.2. The Morgan fingerprint density at radius 3 is 2.16 bits per heavy atom. The second-order valence-corrected chi connectivity index (χ2v) is 6.50. The molecule has 2 amide bonds. The van der Waals surface area contributed by atoms with Crippen LogP contribution in [0.25, 0.3) is 0 Å². The number of hydrogen-bond acceptors (Lipinski definition) is 3. The van der Waals surface area contributed by atoms with Gasteiger partial charge in [-0.25, -0.2) is 0 Å². The molecular formula is C15H28N2O2. The van der Waals surface area contributed by atoms with E-state index in [9.17, 15) is 9.59 Å².